The summed E-state index contributed by atoms with van der Waals surface area (Å²) in [6.45, 7) is 5.12. The molecule has 0 saturated carbocycles. The standard InChI is InChI=1S/C21H32N4O2/c1-22-21(25-11-9-17(15-25)16-27-13-12-26-2)23-10-5-6-18-14-24-20-8-4-3-7-19(18)20/h3-4,7-8,14,17,24H,5-6,9-13,15-16H2,1-2H3,(H,22,23). The number of benzene rings is 1. The van der Waals surface area contributed by atoms with E-state index in [0.717, 1.165) is 51.5 Å². The number of ether oxygens (including phenoxy) is 2. The van der Waals surface area contributed by atoms with Crippen molar-refractivity contribution in [3.8, 4) is 0 Å². The van der Waals surface area contributed by atoms with E-state index in [-0.39, 0.29) is 0 Å². The third kappa shape index (κ3) is 5.47. The number of hydrogen-bond donors (Lipinski definition) is 2. The number of methoxy groups -OCH3 is 1. The molecule has 1 saturated heterocycles. The minimum Gasteiger partial charge on any atom is -0.382 e. The molecular formula is C21H32N4O2. The van der Waals surface area contributed by atoms with Gasteiger partial charge in [-0.3, -0.25) is 4.99 Å². The predicted molar refractivity (Wildman–Crippen MR) is 110 cm³/mol. The van der Waals surface area contributed by atoms with E-state index >= 15 is 0 Å². The molecule has 3 rings (SSSR count). The number of H-pyrrole nitrogens is 1. The molecule has 0 radical (unpaired) electrons. The van der Waals surface area contributed by atoms with Crippen LogP contribution in [0.25, 0.3) is 10.9 Å². The number of aliphatic imine (C=N–C) groups is 1. The van der Waals surface area contributed by atoms with E-state index in [1.165, 1.54) is 16.5 Å². The van der Waals surface area contributed by atoms with Gasteiger partial charge in [-0.05, 0) is 30.9 Å². The number of rotatable bonds is 9. The average Bonchev–Trinajstić information content (AvgIpc) is 3.33. The van der Waals surface area contributed by atoms with E-state index in [9.17, 15) is 0 Å². The molecule has 1 aromatic heterocycles. The lowest BCUT2D eigenvalue weighted by Crippen LogP contribution is -2.40. The first kappa shape index (κ1) is 19.7. The van der Waals surface area contributed by atoms with Crippen molar-refractivity contribution in [1.82, 2.24) is 15.2 Å². The molecular weight excluding hydrogens is 340 g/mol. The van der Waals surface area contributed by atoms with Gasteiger partial charge < -0.3 is 24.7 Å². The fourth-order valence-corrected chi connectivity index (χ4v) is 3.70. The zero-order chi connectivity index (χ0) is 18.9. The minimum absolute atomic E-state index is 0.576. The predicted octanol–water partition coefficient (Wildman–Crippen LogP) is 2.66. The molecule has 1 aromatic carbocycles. The summed E-state index contributed by atoms with van der Waals surface area (Å²) in [6.07, 6.45) is 5.43. The van der Waals surface area contributed by atoms with Gasteiger partial charge >= 0.3 is 0 Å². The molecule has 1 aliphatic rings. The van der Waals surface area contributed by atoms with Crippen molar-refractivity contribution in [3.63, 3.8) is 0 Å². The first-order valence-corrected chi connectivity index (χ1v) is 9.89. The number of aryl methyl sites for hydroxylation is 1. The molecule has 0 aliphatic carbocycles. The SMILES string of the molecule is CN=C(NCCCc1c[nH]c2ccccc12)N1CCC(COCCOC)C1. The lowest BCUT2D eigenvalue weighted by molar-refractivity contribution is 0.0536. The third-order valence-electron chi connectivity index (χ3n) is 5.16. The van der Waals surface area contributed by atoms with E-state index in [4.69, 9.17) is 9.47 Å². The van der Waals surface area contributed by atoms with Crippen LogP contribution in [-0.2, 0) is 15.9 Å². The lowest BCUT2D eigenvalue weighted by atomic mass is 10.1. The molecule has 2 N–H and O–H groups in total. The largest absolute Gasteiger partial charge is 0.382 e. The van der Waals surface area contributed by atoms with Crippen LogP contribution >= 0.6 is 0 Å². The Kier molecular flexibility index (Phi) is 7.54. The Morgan fingerprint density at radius 1 is 1.33 bits per heavy atom. The average molecular weight is 373 g/mol. The lowest BCUT2D eigenvalue weighted by Gasteiger charge is -2.21. The van der Waals surface area contributed by atoms with Crippen molar-refractivity contribution in [1.29, 1.82) is 0 Å². The van der Waals surface area contributed by atoms with Crippen molar-refractivity contribution in [3.05, 3.63) is 36.0 Å². The topological polar surface area (TPSA) is 61.9 Å². The molecule has 2 aromatic rings. The molecule has 2 heterocycles. The van der Waals surface area contributed by atoms with Gasteiger partial charge in [0.25, 0.3) is 0 Å². The summed E-state index contributed by atoms with van der Waals surface area (Å²) < 4.78 is 10.7. The zero-order valence-corrected chi connectivity index (χ0v) is 16.5. The molecule has 1 fully saturated rings. The molecule has 1 atom stereocenters. The Morgan fingerprint density at radius 3 is 3.07 bits per heavy atom. The number of likely N-dealkylation sites (tertiary alicyclic amines) is 1. The van der Waals surface area contributed by atoms with Gasteiger partial charge in [-0.15, -0.1) is 0 Å². The smallest absolute Gasteiger partial charge is 0.193 e. The van der Waals surface area contributed by atoms with Crippen LogP contribution in [0.5, 0.6) is 0 Å². The van der Waals surface area contributed by atoms with Crippen LogP contribution in [0, 0.1) is 5.92 Å². The molecule has 1 aliphatic heterocycles. The van der Waals surface area contributed by atoms with E-state index < -0.39 is 0 Å². The molecule has 0 spiro atoms. The van der Waals surface area contributed by atoms with Crippen LogP contribution in [0.4, 0.5) is 0 Å². The molecule has 6 heteroatoms. The second-order valence-electron chi connectivity index (χ2n) is 7.11. The second kappa shape index (κ2) is 10.3. The number of aromatic amines is 1. The maximum absolute atomic E-state index is 5.68. The Bertz CT molecular complexity index is 728. The molecule has 0 bridgehead atoms. The quantitative estimate of drug-likeness (QED) is 0.404. The number of nitrogens with zero attached hydrogens (tertiary/aromatic N) is 2. The van der Waals surface area contributed by atoms with Crippen molar-refractivity contribution in [2.75, 3.05) is 53.6 Å². The van der Waals surface area contributed by atoms with Crippen LogP contribution in [0.15, 0.2) is 35.5 Å². The Balaban J connectivity index is 1.38. The molecule has 27 heavy (non-hydrogen) atoms. The van der Waals surface area contributed by atoms with Gasteiger partial charge in [-0.25, -0.2) is 0 Å². The van der Waals surface area contributed by atoms with Crippen LogP contribution in [0.3, 0.4) is 0 Å². The Morgan fingerprint density at radius 2 is 2.22 bits per heavy atom. The fourth-order valence-electron chi connectivity index (χ4n) is 3.70. The van der Waals surface area contributed by atoms with Gasteiger partial charge in [0.05, 0.1) is 19.8 Å². The van der Waals surface area contributed by atoms with Gasteiger partial charge in [0, 0.05) is 56.8 Å². The maximum atomic E-state index is 5.68. The number of hydrogen-bond acceptors (Lipinski definition) is 3. The van der Waals surface area contributed by atoms with E-state index in [1.807, 2.05) is 7.05 Å². The summed E-state index contributed by atoms with van der Waals surface area (Å²) in [5, 5.41) is 4.85. The number of aromatic nitrogens is 1. The summed E-state index contributed by atoms with van der Waals surface area (Å²) in [4.78, 5) is 10.2. The van der Waals surface area contributed by atoms with Gasteiger partial charge in [-0.1, -0.05) is 18.2 Å². The summed E-state index contributed by atoms with van der Waals surface area (Å²) in [6, 6.07) is 8.48. The molecule has 0 amide bonds. The van der Waals surface area contributed by atoms with Crippen LogP contribution in [-0.4, -0.2) is 69.5 Å². The van der Waals surface area contributed by atoms with Gasteiger partial charge in [0.2, 0.25) is 0 Å². The first-order valence-electron chi connectivity index (χ1n) is 9.89. The van der Waals surface area contributed by atoms with Crippen LogP contribution in [0.2, 0.25) is 0 Å². The second-order valence-corrected chi connectivity index (χ2v) is 7.11. The maximum Gasteiger partial charge on any atom is 0.193 e. The van der Waals surface area contributed by atoms with E-state index in [0.29, 0.717) is 19.1 Å². The molecule has 148 valence electrons. The summed E-state index contributed by atoms with van der Waals surface area (Å²) >= 11 is 0. The molecule has 6 nitrogen and oxygen atoms in total. The third-order valence-corrected chi connectivity index (χ3v) is 5.16. The normalized spacial score (nSPS) is 17.8. The highest BCUT2D eigenvalue weighted by Gasteiger charge is 2.24. The van der Waals surface area contributed by atoms with Gasteiger partial charge in [0.15, 0.2) is 5.96 Å². The molecule has 1 unspecified atom stereocenters. The highest BCUT2D eigenvalue weighted by atomic mass is 16.5. The van der Waals surface area contributed by atoms with E-state index in [1.54, 1.807) is 7.11 Å². The van der Waals surface area contributed by atoms with Gasteiger partial charge in [0.1, 0.15) is 0 Å². The number of para-hydroxylation sites is 1. The minimum atomic E-state index is 0.576. The highest BCUT2D eigenvalue weighted by molar-refractivity contribution is 5.83. The highest BCUT2D eigenvalue weighted by Crippen LogP contribution is 2.19. The zero-order valence-electron chi connectivity index (χ0n) is 16.5. The van der Waals surface area contributed by atoms with Crippen LogP contribution in [0.1, 0.15) is 18.4 Å². The fraction of sp³-hybridized carbons (Fsp3) is 0.571. The van der Waals surface area contributed by atoms with Crippen molar-refractivity contribution in [2.24, 2.45) is 10.9 Å². The number of nitrogens with one attached hydrogen (secondary N) is 2. The first-order chi connectivity index (χ1) is 13.3. The Labute approximate surface area is 161 Å². The van der Waals surface area contributed by atoms with Crippen molar-refractivity contribution >= 4 is 16.9 Å². The summed E-state index contributed by atoms with van der Waals surface area (Å²) in [5.41, 5.74) is 2.60. The van der Waals surface area contributed by atoms with Crippen molar-refractivity contribution < 1.29 is 9.47 Å². The van der Waals surface area contributed by atoms with Gasteiger partial charge in [-0.2, -0.15) is 0 Å². The summed E-state index contributed by atoms with van der Waals surface area (Å²) in [5.74, 6) is 1.58. The van der Waals surface area contributed by atoms with Crippen molar-refractivity contribution in [2.45, 2.75) is 19.3 Å². The number of fused-ring (bicyclic) bond motifs is 1. The monoisotopic (exact) mass is 372 g/mol. The van der Waals surface area contributed by atoms with E-state index in [2.05, 4.69) is 50.7 Å². The summed E-state index contributed by atoms with van der Waals surface area (Å²) in [7, 11) is 3.57. The number of guanidine groups is 1. The Hall–Kier alpha value is -2.05. The van der Waals surface area contributed by atoms with Crippen LogP contribution < -0.4 is 5.32 Å².